The van der Waals surface area contributed by atoms with Crippen LogP contribution in [0.25, 0.3) is 5.57 Å². The number of carbonyl (C=O) groups excluding carboxylic acids is 2. The van der Waals surface area contributed by atoms with Crippen LogP contribution in [0.15, 0.2) is 66.4 Å². The van der Waals surface area contributed by atoms with E-state index in [1.807, 2.05) is 57.2 Å². The molecule has 1 aliphatic rings. The minimum atomic E-state index is -0.442. The highest BCUT2D eigenvalue weighted by molar-refractivity contribution is 6.36. The number of nitrogens with one attached hydrogen (secondary N) is 1. The topological polar surface area (TPSA) is 58.6 Å². The third-order valence-corrected chi connectivity index (χ3v) is 5.69. The maximum atomic E-state index is 13.5. The summed E-state index contributed by atoms with van der Waals surface area (Å²) in [6.45, 7) is 5.87. The quantitative estimate of drug-likeness (QED) is 0.534. The van der Waals surface area contributed by atoms with Crippen molar-refractivity contribution in [2.75, 3.05) is 12.4 Å². The summed E-state index contributed by atoms with van der Waals surface area (Å²) >= 11 is 0. The highest BCUT2D eigenvalue weighted by atomic mass is 19.1. The van der Waals surface area contributed by atoms with Crippen LogP contribution in [0.4, 0.5) is 10.1 Å². The number of halogens is 1. The van der Waals surface area contributed by atoms with Gasteiger partial charge in [0, 0.05) is 0 Å². The van der Waals surface area contributed by atoms with Crippen LogP contribution in [-0.2, 0) is 16.1 Å². The first-order valence-electron chi connectivity index (χ1n) is 10.6. The zero-order valence-corrected chi connectivity index (χ0v) is 19.0. The van der Waals surface area contributed by atoms with Crippen LogP contribution in [0.5, 0.6) is 5.75 Å². The molecular weight excluding hydrogens is 419 g/mol. The molecule has 4 rings (SSSR count). The number of rotatable bonds is 6. The Hall–Kier alpha value is -3.93. The number of hydrogen-bond donors (Lipinski definition) is 1. The summed E-state index contributed by atoms with van der Waals surface area (Å²) in [6, 6.07) is 17.1. The molecule has 33 heavy (non-hydrogen) atoms. The van der Waals surface area contributed by atoms with Crippen LogP contribution in [0.1, 0.15) is 27.8 Å². The molecule has 168 valence electrons. The number of aryl methyl sites for hydroxylation is 3. The predicted molar refractivity (Wildman–Crippen MR) is 126 cm³/mol. The lowest BCUT2D eigenvalue weighted by molar-refractivity contribution is -0.137. The molecule has 1 N–H and O–H groups in total. The molecule has 3 aromatic carbocycles. The Kier molecular flexibility index (Phi) is 6.01. The molecule has 0 radical (unpaired) electrons. The average molecular weight is 445 g/mol. The second-order valence-corrected chi connectivity index (χ2v) is 8.22. The number of amides is 2. The normalized spacial score (nSPS) is 13.7. The van der Waals surface area contributed by atoms with Crippen LogP contribution in [0.3, 0.4) is 0 Å². The lowest BCUT2D eigenvalue weighted by atomic mass is 9.97. The zero-order chi connectivity index (χ0) is 23.7. The molecule has 1 aliphatic heterocycles. The molecule has 0 unspecified atom stereocenters. The first-order chi connectivity index (χ1) is 15.8. The molecule has 0 fully saturated rings. The van der Waals surface area contributed by atoms with Gasteiger partial charge >= 0.3 is 0 Å². The van der Waals surface area contributed by atoms with E-state index in [-0.39, 0.29) is 18.1 Å². The van der Waals surface area contributed by atoms with Gasteiger partial charge in [-0.15, -0.1) is 0 Å². The minimum Gasteiger partial charge on any atom is -0.495 e. The monoisotopic (exact) mass is 444 g/mol. The molecule has 0 aromatic heterocycles. The zero-order valence-electron chi connectivity index (χ0n) is 19.0. The standard InChI is InChI=1S/C27H25FN2O3/c1-16-5-11-21(18(3)13-16)24-25(29-22-14-17(2)6-12-23(22)33-4)27(32)30(26(24)31)15-19-7-9-20(28)10-8-19/h5-14,29H,15H2,1-4H3. The number of benzene rings is 3. The molecule has 0 spiro atoms. The van der Waals surface area contributed by atoms with E-state index in [0.29, 0.717) is 28.1 Å². The van der Waals surface area contributed by atoms with Gasteiger partial charge < -0.3 is 10.1 Å². The molecule has 0 saturated carbocycles. The molecule has 2 amide bonds. The van der Waals surface area contributed by atoms with Gasteiger partial charge in [0.05, 0.1) is 24.9 Å². The van der Waals surface area contributed by atoms with Crippen molar-refractivity contribution in [1.29, 1.82) is 0 Å². The molecule has 0 aliphatic carbocycles. The average Bonchev–Trinajstić information content (AvgIpc) is 3.00. The van der Waals surface area contributed by atoms with Crippen LogP contribution < -0.4 is 10.1 Å². The number of nitrogens with zero attached hydrogens (tertiary/aromatic N) is 1. The summed E-state index contributed by atoms with van der Waals surface area (Å²) in [5, 5.41) is 3.18. The minimum absolute atomic E-state index is 0.0441. The maximum absolute atomic E-state index is 13.5. The van der Waals surface area contributed by atoms with Gasteiger partial charge in [-0.05, 0) is 67.3 Å². The van der Waals surface area contributed by atoms with Crippen molar-refractivity contribution in [1.82, 2.24) is 4.90 Å². The van der Waals surface area contributed by atoms with Crippen LogP contribution in [0.2, 0.25) is 0 Å². The lowest BCUT2D eigenvalue weighted by Gasteiger charge is -2.16. The van der Waals surface area contributed by atoms with Gasteiger partial charge in [0.15, 0.2) is 0 Å². The summed E-state index contributed by atoms with van der Waals surface area (Å²) in [5.41, 5.74) is 5.38. The van der Waals surface area contributed by atoms with Crippen molar-refractivity contribution in [3.05, 3.63) is 100.0 Å². The predicted octanol–water partition coefficient (Wildman–Crippen LogP) is 5.15. The van der Waals surface area contributed by atoms with Crippen molar-refractivity contribution in [2.45, 2.75) is 27.3 Å². The second kappa shape index (κ2) is 8.90. The SMILES string of the molecule is COc1ccc(C)cc1NC1=C(c2ccc(C)cc2C)C(=O)N(Cc2ccc(F)cc2)C1=O. The van der Waals surface area contributed by atoms with Gasteiger partial charge in [0.25, 0.3) is 11.8 Å². The van der Waals surface area contributed by atoms with Crippen molar-refractivity contribution >= 4 is 23.1 Å². The van der Waals surface area contributed by atoms with E-state index in [1.165, 1.54) is 17.0 Å². The molecule has 3 aromatic rings. The van der Waals surface area contributed by atoms with E-state index in [0.717, 1.165) is 16.7 Å². The van der Waals surface area contributed by atoms with E-state index in [9.17, 15) is 14.0 Å². The molecule has 0 bridgehead atoms. The Morgan fingerprint density at radius 1 is 0.879 bits per heavy atom. The summed E-state index contributed by atoms with van der Waals surface area (Å²) in [4.78, 5) is 28.2. The fourth-order valence-electron chi connectivity index (χ4n) is 4.01. The fourth-order valence-corrected chi connectivity index (χ4v) is 4.01. The first-order valence-corrected chi connectivity index (χ1v) is 10.6. The van der Waals surface area contributed by atoms with Crippen LogP contribution in [-0.4, -0.2) is 23.8 Å². The van der Waals surface area contributed by atoms with E-state index < -0.39 is 11.8 Å². The first kappa shape index (κ1) is 22.3. The highest BCUT2D eigenvalue weighted by Crippen LogP contribution is 2.35. The van der Waals surface area contributed by atoms with Gasteiger partial charge in [0.2, 0.25) is 0 Å². The number of carbonyl (C=O) groups is 2. The maximum Gasteiger partial charge on any atom is 0.278 e. The molecule has 5 nitrogen and oxygen atoms in total. The Balaban J connectivity index is 1.81. The van der Waals surface area contributed by atoms with Crippen molar-refractivity contribution in [3.63, 3.8) is 0 Å². The molecule has 1 heterocycles. The second-order valence-electron chi connectivity index (χ2n) is 8.22. The Morgan fingerprint density at radius 3 is 2.21 bits per heavy atom. The summed E-state index contributed by atoms with van der Waals surface area (Å²) in [6.07, 6.45) is 0. The fraction of sp³-hybridized carbons (Fsp3) is 0.185. The van der Waals surface area contributed by atoms with Gasteiger partial charge in [-0.2, -0.15) is 0 Å². The molecule has 6 heteroatoms. The van der Waals surface area contributed by atoms with Crippen molar-refractivity contribution < 1.29 is 18.7 Å². The van der Waals surface area contributed by atoms with Gasteiger partial charge in [0.1, 0.15) is 17.3 Å². The van der Waals surface area contributed by atoms with E-state index in [2.05, 4.69) is 5.32 Å². The number of ether oxygens (including phenoxy) is 1. The Morgan fingerprint density at radius 2 is 1.55 bits per heavy atom. The number of imide groups is 1. The third-order valence-electron chi connectivity index (χ3n) is 5.69. The molecule has 0 atom stereocenters. The van der Waals surface area contributed by atoms with E-state index in [4.69, 9.17) is 4.74 Å². The Bertz CT molecular complexity index is 1280. The van der Waals surface area contributed by atoms with Crippen molar-refractivity contribution in [3.8, 4) is 5.75 Å². The molecular formula is C27H25FN2O3. The van der Waals surface area contributed by atoms with Crippen LogP contribution in [0, 0.1) is 26.6 Å². The number of hydrogen-bond acceptors (Lipinski definition) is 4. The van der Waals surface area contributed by atoms with Crippen molar-refractivity contribution in [2.24, 2.45) is 0 Å². The summed E-state index contributed by atoms with van der Waals surface area (Å²) in [7, 11) is 1.55. The third kappa shape index (κ3) is 4.37. The largest absolute Gasteiger partial charge is 0.495 e. The lowest BCUT2D eigenvalue weighted by Crippen LogP contribution is -2.32. The number of anilines is 1. The summed E-state index contributed by atoms with van der Waals surface area (Å²) in [5.74, 6) is -0.653. The van der Waals surface area contributed by atoms with Crippen LogP contribution >= 0.6 is 0 Å². The van der Waals surface area contributed by atoms with Gasteiger partial charge in [-0.3, -0.25) is 14.5 Å². The number of methoxy groups -OCH3 is 1. The van der Waals surface area contributed by atoms with Gasteiger partial charge in [-0.1, -0.05) is 42.0 Å². The summed E-state index contributed by atoms with van der Waals surface area (Å²) < 4.78 is 18.8. The molecule has 0 saturated heterocycles. The highest BCUT2D eigenvalue weighted by Gasteiger charge is 2.40. The van der Waals surface area contributed by atoms with Gasteiger partial charge in [-0.25, -0.2) is 4.39 Å². The van der Waals surface area contributed by atoms with E-state index >= 15 is 0 Å². The Labute approximate surface area is 192 Å². The van der Waals surface area contributed by atoms with E-state index in [1.54, 1.807) is 19.2 Å². The smallest absolute Gasteiger partial charge is 0.278 e.